The zero-order chi connectivity index (χ0) is 40.8. The molecule has 314 valence electrons. The summed E-state index contributed by atoms with van der Waals surface area (Å²) in [5, 5.41) is 25.4. The molecule has 17 heteroatoms. The van der Waals surface area contributed by atoms with Crippen molar-refractivity contribution in [3.63, 3.8) is 0 Å². The largest absolute Gasteiger partial charge is 0.416 e. The highest BCUT2D eigenvalue weighted by atomic mass is 32.2. The number of thioether (sulfide) groups is 1. The van der Waals surface area contributed by atoms with Gasteiger partial charge in [-0.3, -0.25) is 4.90 Å². The van der Waals surface area contributed by atoms with Crippen LogP contribution in [0.1, 0.15) is 69.0 Å². The molecule has 4 amide bonds. The second-order valence-electron chi connectivity index (χ2n) is 15.8. The Morgan fingerprint density at radius 3 is 2.54 bits per heavy atom. The van der Waals surface area contributed by atoms with Crippen LogP contribution in [0.5, 0.6) is 0 Å². The summed E-state index contributed by atoms with van der Waals surface area (Å²) < 4.78 is 42.1. The maximum absolute atomic E-state index is 13.9. The van der Waals surface area contributed by atoms with Gasteiger partial charge >= 0.3 is 18.2 Å². The third-order valence-corrected chi connectivity index (χ3v) is 13.1. The molecular weight excluding hydrogens is 780 g/mol. The molecule has 6 heterocycles. The second kappa shape index (κ2) is 18.6. The lowest BCUT2D eigenvalue weighted by Crippen LogP contribution is -2.48. The van der Waals surface area contributed by atoms with Gasteiger partial charge in [0.25, 0.3) is 0 Å². The number of amides is 4. The molecular formula is C42H52F3N11O2S. The number of halogens is 3. The molecule has 4 aromatic rings. The number of fused-ring (bicyclic) bond motifs is 5. The van der Waals surface area contributed by atoms with Crippen molar-refractivity contribution in [2.45, 2.75) is 93.9 Å². The van der Waals surface area contributed by atoms with E-state index in [0.29, 0.717) is 53.2 Å². The summed E-state index contributed by atoms with van der Waals surface area (Å²) in [6.07, 6.45) is 7.59. The maximum Gasteiger partial charge on any atom is 0.416 e. The van der Waals surface area contributed by atoms with Crippen LogP contribution >= 0.6 is 11.8 Å². The van der Waals surface area contributed by atoms with Crippen molar-refractivity contribution in [3.05, 3.63) is 78.1 Å². The molecule has 4 aliphatic rings. The van der Waals surface area contributed by atoms with E-state index in [1.165, 1.54) is 51.0 Å². The van der Waals surface area contributed by atoms with Crippen molar-refractivity contribution < 1.29 is 22.8 Å². The Bertz CT molecular complexity index is 2080. The summed E-state index contributed by atoms with van der Waals surface area (Å²) in [4.78, 5) is 34.0. The minimum Gasteiger partial charge on any atom is -0.366 e. The lowest BCUT2D eigenvalue weighted by Gasteiger charge is -2.36. The van der Waals surface area contributed by atoms with Crippen LogP contribution in [0, 0.1) is 0 Å². The number of aromatic nitrogens is 4. The number of pyridine rings is 1. The number of benzene rings is 2. The summed E-state index contributed by atoms with van der Waals surface area (Å²) in [5.41, 5.74) is 2.85. The van der Waals surface area contributed by atoms with Gasteiger partial charge in [-0.05, 0) is 94.2 Å². The van der Waals surface area contributed by atoms with Crippen molar-refractivity contribution in [1.82, 2.24) is 41.2 Å². The van der Waals surface area contributed by atoms with E-state index in [9.17, 15) is 22.8 Å². The van der Waals surface area contributed by atoms with E-state index in [1.54, 1.807) is 27.8 Å². The van der Waals surface area contributed by atoms with Crippen LogP contribution in [0.3, 0.4) is 0 Å². The number of carbonyl (C=O) groups is 2. The molecule has 3 saturated heterocycles. The highest BCUT2D eigenvalue weighted by molar-refractivity contribution is 8.00. The normalized spacial score (nSPS) is 20.7. The van der Waals surface area contributed by atoms with E-state index in [2.05, 4.69) is 41.8 Å². The van der Waals surface area contributed by atoms with E-state index in [0.717, 1.165) is 74.0 Å². The third kappa shape index (κ3) is 9.95. The summed E-state index contributed by atoms with van der Waals surface area (Å²) in [6.45, 7) is 5.03. The van der Waals surface area contributed by atoms with Crippen molar-refractivity contribution in [2.24, 2.45) is 0 Å². The van der Waals surface area contributed by atoms with E-state index < -0.39 is 11.7 Å². The lowest BCUT2D eigenvalue weighted by atomic mass is 10.0. The predicted octanol–water partition coefficient (Wildman–Crippen LogP) is 6.94. The number of hydrogen-bond acceptors (Lipinski definition) is 9. The van der Waals surface area contributed by atoms with Gasteiger partial charge in [0.1, 0.15) is 0 Å². The molecule has 0 spiro atoms. The third-order valence-electron chi connectivity index (χ3n) is 11.6. The van der Waals surface area contributed by atoms with Gasteiger partial charge in [0.05, 0.1) is 52.6 Å². The number of rotatable bonds is 18. The molecule has 2 aromatic heterocycles. The topological polar surface area (TPSA) is 144 Å². The highest BCUT2D eigenvalue weighted by Gasteiger charge is 2.43. The van der Waals surface area contributed by atoms with Gasteiger partial charge in [-0.25, -0.2) is 19.3 Å². The molecule has 5 N–H and O–H groups in total. The predicted molar refractivity (Wildman–Crippen MR) is 225 cm³/mol. The van der Waals surface area contributed by atoms with Crippen LogP contribution in [0.2, 0.25) is 0 Å². The SMILES string of the molecule is O=C1N[C@H]2[C@H](CS[C@H]2CCCCCNCCCCCCNCc2cn(-c3cccc(NC(=O)N4c5nc(-c6cccc(C(F)(F)F)c6)ccc5N5CC[C@H]4C5)c3)nn2)N1. The Hall–Kier alpha value is -4.87. The number of alkyl halides is 3. The molecule has 2 bridgehead atoms. The van der Waals surface area contributed by atoms with Crippen LogP contribution in [0.4, 0.5) is 40.0 Å². The van der Waals surface area contributed by atoms with Crippen LogP contribution in [-0.4, -0.2) is 93.9 Å². The zero-order valence-corrected chi connectivity index (χ0v) is 33.8. The van der Waals surface area contributed by atoms with Gasteiger partial charge in [-0.15, -0.1) is 5.10 Å². The molecule has 4 aliphatic heterocycles. The van der Waals surface area contributed by atoms with Crippen molar-refractivity contribution >= 4 is 41.0 Å². The number of nitrogens with zero attached hydrogens (tertiary/aromatic N) is 6. The number of urea groups is 2. The van der Waals surface area contributed by atoms with Gasteiger partial charge in [0, 0.05) is 41.9 Å². The average Bonchev–Trinajstić information content (AvgIpc) is 4.04. The minimum absolute atomic E-state index is 0.00774. The van der Waals surface area contributed by atoms with E-state index in [-0.39, 0.29) is 18.1 Å². The summed E-state index contributed by atoms with van der Waals surface area (Å²) in [7, 11) is 0. The summed E-state index contributed by atoms with van der Waals surface area (Å²) >= 11 is 1.99. The smallest absolute Gasteiger partial charge is 0.366 e. The van der Waals surface area contributed by atoms with Crippen LogP contribution in [-0.2, 0) is 12.7 Å². The molecule has 0 saturated carbocycles. The number of carbonyl (C=O) groups excluding carboxylic acids is 2. The van der Waals surface area contributed by atoms with E-state index in [4.69, 9.17) is 4.98 Å². The quantitative estimate of drug-likeness (QED) is 0.0532. The van der Waals surface area contributed by atoms with Gasteiger partial charge < -0.3 is 31.5 Å². The first-order valence-corrected chi connectivity index (χ1v) is 21.9. The van der Waals surface area contributed by atoms with Crippen molar-refractivity contribution in [3.8, 4) is 16.9 Å². The fourth-order valence-electron chi connectivity index (χ4n) is 8.51. The average molecular weight is 832 g/mol. The van der Waals surface area contributed by atoms with Crippen LogP contribution in [0.15, 0.2) is 66.9 Å². The van der Waals surface area contributed by atoms with E-state index >= 15 is 0 Å². The van der Waals surface area contributed by atoms with Crippen LogP contribution < -0.4 is 36.4 Å². The summed E-state index contributed by atoms with van der Waals surface area (Å²) in [6, 6.07) is 16.1. The molecule has 13 nitrogen and oxygen atoms in total. The Labute approximate surface area is 346 Å². The molecule has 0 radical (unpaired) electrons. The van der Waals surface area contributed by atoms with Crippen molar-refractivity contribution in [1.29, 1.82) is 0 Å². The number of hydrogen-bond donors (Lipinski definition) is 5. The Balaban J connectivity index is 0.743. The van der Waals surface area contributed by atoms with E-state index in [1.807, 2.05) is 42.2 Å². The summed E-state index contributed by atoms with van der Waals surface area (Å²) in [5.74, 6) is 1.46. The molecule has 2 aromatic carbocycles. The molecule has 4 atom stereocenters. The van der Waals surface area contributed by atoms with Gasteiger partial charge in [0.15, 0.2) is 5.82 Å². The molecule has 3 fully saturated rings. The number of unbranched alkanes of at least 4 members (excludes halogenated alkanes) is 5. The maximum atomic E-state index is 13.9. The molecule has 59 heavy (non-hydrogen) atoms. The number of anilines is 3. The van der Waals surface area contributed by atoms with Gasteiger partial charge in [-0.2, -0.15) is 24.9 Å². The Kier molecular flexibility index (Phi) is 12.9. The Morgan fingerprint density at radius 2 is 1.71 bits per heavy atom. The minimum atomic E-state index is -4.48. The number of nitrogens with one attached hydrogen (secondary N) is 5. The molecule has 0 unspecified atom stereocenters. The highest BCUT2D eigenvalue weighted by Crippen LogP contribution is 2.41. The second-order valence-corrected chi connectivity index (χ2v) is 17.1. The molecule has 0 aliphatic carbocycles. The van der Waals surface area contributed by atoms with Crippen molar-refractivity contribution in [2.75, 3.05) is 53.6 Å². The van der Waals surface area contributed by atoms with Gasteiger partial charge in [0.2, 0.25) is 0 Å². The first-order valence-electron chi connectivity index (χ1n) is 20.9. The fraction of sp³-hybridized carbons (Fsp3) is 0.500. The monoisotopic (exact) mass is 831 g/mol. The lowest BCUT2D eigenvalue weighted by molar-refractivity contribution is -0.137. The zero-order valence-electron chi connectivity index (χ0n) is 33.0. The first-order chi connectivity index (χ1) is 28.7. The van der Waals surface area contributed by atoms with Crippen LogP contribution in [0.25, 0.3) is 16.9 Å². The standard InChI is InChI=1S/C42H52F3N11O2S/c43-42(44,45)29-11-8-10-28(22-29)34-15-16-36-39(49-34)56(33-17-21-54(36)26-33)41(58)48-30-12-9-13-32(23-30)55-25-31(52-53-55)24-47-20-6-2-1-5-18-46-19-7-3-4-14-37-38-35(27-59-37)50-40(57)51-38/h8-13,15-16,22-23,25,33,35,37-38,46-47H,1-7,14,17-21,24,26-27H2,(H,48,58)(H2,50,51,57)/t33-,35-,37-,38-/m0/s1. The molecule has 8 rings (SSSR count). The Morgan fingerprint density at radius 1 is 0.915 bits per heavy atom. The fourth-order valence-corrected chi connectivity index (χ4v) is 10.1. The van der Waals surface area contributed by atoms with Gasteiger partial charge in [-0.1, -0.05) is 49.1 Å². The first kappa shape index (κ1) is 40.9.